The third kappa shape index (κ3) is 3.33. The van der Waals surface area contributed by atoms with Crippen LogP contribution in [-0.4, -0.2) is 9.46 Å². The fourth-order valence-corrected chi connectivity index (χ4v) is 12.3. The number of rotatable bonds is 2. The average molecular weight is 633 g/mol. The van der Waals surface area contributed by atoms with Gasteiger partial charge in [-0.3, -0.25) is 0 Å². The van der Waals surface area contributed by atoms with Gasteiger partial charge in [-0.05, 0) is 0 Å². The molecular formula is C44H29N2OP. The summed E-state index contributed by atoms with van der Waals surface area (Å²) in [5.41, 5.74) is 10.2. The molecule has 1 atom stereocenters. The first-order valence-electron chi connectivity index (χ1n) is 16.3. The molecule has 0 radical (unpaired) electrons. The van der Waals surface area contributed by atoms with Crippen molar-refractivity contribution in [1.82, 2.24) is 4.57 Å². The molecule has 0 saturated heterocycles. The Labute approximate surface area is 279 Å². The molecule has 0 bridgehead atoms. The summed E-state index contributed by atoms with van der Waals surface area (Å²) in [7, 11) is -3.48. The third-order valence-corrected chi connectivity index (χ3v) is 14.3. The summed E-state index contributed by atoms with van der Waals surface area (Å²) in [5, 5.41) is 14.9. The minimum atomic E-state index is -3.48. The van der Waals surface area contributed by atoms with Crippen LogP contribution in [0.4, 0.5) is 0 Å². The molecule has 1 N–H and O–H groups in total. The first kappa shape index (κ1) is 27.3. The van der Waals surface area contributed by atoms with Gasteiger partial charge in [0.1, 0.15) is 0 Å². The zero-order valence-corrected chi connectivity index (χ0v) is 26.9. The molecule has 1 spiro atoms. The van der Waals surface area contributed by atoms with E-state index in [9.17, 15) is 10.2 Å². The van der Waals surface area contributed by atoms with Gasteiger partial charge in [0.2, 0.25) is 0 Å². The fourth-order valence-electron chi connectivity index (χ4n) is 8.78. The molecule has 1 aromatic heterocycles. The number of hydrogen-bond donors (Lipinski definition) is 1. The number of benzene rings is 7. The van der Waals surface area contributed by atoms with Gasteiger partial charge in [-0.2, -0.15) is 0 Å². The second kappa shape index (κ2) is 9.86. The second-order valence-corrected chi connectivity index (χ2v) is 16.0. The first-order valence-corrected chi connectivity index (χ1v) is 18.3. The Morgan fingerprint density at radius 2 is 1.19 bits per heavy atom. The standard InChI is InChI=1S/C44H29N2OP/c45-28-29-21-23-30(24-22-29)31-25-26-42-38(27-31)44(36-16-6-9-20-41(36)48(42,47)32-11-2-1-3-12-32)35-15-5-8-19-40(35)46-39-18-7-4-13-33(39)34-14-10-17-37(44)43(34)46/h1-27,47-48H. The van der Waals surface area contributed by atoms with E-state index in [1.165, 1.54) is 32.9 Å². The van der Waals surface area contributed by atoms with Gasteiger partial charge in [-0.25, -0.2) is 0 Å². The van der Waals surface area contributed by atoms with E-state index in [0.29, 0.717) is 5.56 Å². The Hall–Kier alpha value is -5.78. The van der Waals surface area contributed by atoms with Crippen molar-refractivity contribution in [3.63, 3.8) is 0 Å². The molecule has 48 heavy (non-hydrogen) atoms. The van der Waals surface area contributed by atoms with Crippen molar-refractivity contribution in [2.75, 3.05) is 0 Å². The van der Waals surface area contributed by atoms with Crippen LogP contribution < -0.4 is 15.9 Å². The molecule has 7 aromatic carbocycles. The number of hydrogen-bond acceptors (Lipinski definition) is 2. The van der Waals surface area contributed by atoms with Crippen molar-refractivity contribution in [2.24, 2.45) is 0 Å². The quantitative estimate of drug-likeness (QED) is 0.195. The van der Waals surface area contributed by atoms with Crippen molar-refractivity contribution >= 4 is 45.2 Å². The van der Waals surface area contributed by atoms with Crippen LogP contribution in [0, 0.1) is 11.3 Å². The van der Waals surface area contributed by atoms with E-state index in [0.717, 1.165) is 43.9 Å². The van der Waals surface area contributed by atoms with Crippen LogP contribution in [0.3, 0.4) is 0 Å². The maximum absolute atomic E-state index is 13.4. The monoisotopic (exact) mass is 632 g/mol. The van der Waals surface area contributed by atoms with Gasteiger partial charge in [-0.1, -0.05) is 0 Å². The third-order valence-electron chi connectivity index (χ3n) is 10.7. The summed E-state index contributed by atoms with van der Waals surface area (Å²) in [6.45, 7) is 0. The van der Waals surface area contributed by atoms with E-state index in [4.69, 9.17) is 0 Å². The van der Waals surface area contributed by atoms with Crippen molar-refractivity contribution in [3.8, 4) is 22.9 Å². The van der Waals surface area contributed by atoms with Gasteiger partial charge in [-0.15, -0.1) is 0 Å². The normalized spacial score (nSPS) is 17.3. The van der Waals surface area contributed by atoms with E-state index in [1.807, 2.05) is 42.5 Å². The van der Waals surface area contributed by atoms with Crippen LogP contribution >= 0.6 is 7.49 Å². The number of nitrogens with zero attached hydrogens (tertiary/aromatic N) is 2. The van der Waals surface area contributed by atoms with Crippen LogP contribution in [-0.2, 0) is 5.41 Å². The molecule has 0 aliphatic carbocycles. The van der Waals surface area contributed by atoms with Crippen LogP contribution in [0.1, 0.15) is 27.8 Å². The zero-order chi connectivity index (χ0) is 32.0. The molecule has 0 amide bonds. The molecule has 226 valence electrons. The van der Waals surface area contributed by atoms with Crippen LogP contribution in [0.2, 0.25) is 0 Å². The first-order chi connectivity index (χ1) is 23.7. The number of para-hydroxylation sites is 3. The van der Waals surface area contributed by atoms with Gasteiger partial charge in [0.25, 0.3) is 0 Å². The summed E-state index contributed by atoms with van der Waals surface area (Å²) in [4.78, 5) is 13.4. The van der Waals surface area contributed by atoms with Crippen molar-refractivity contribution in [3.05, 3.63) is 192 Å². The van der Waals surface area contributed by atoms with Crippen molar-refractivity contribution in [1.29, 1.82) is 5.26 Å². The van der Waals surface area contributed by atoms with Gasteiger partial charge < -0.3 is 0 Å². The Morgan fingerprint density at radius 1 is 0.542 bits per heavy atom. The molecule has 3 heterocycles. The summed E-state index contributed by atoms with van der Waals surface area (Å²) in [5.74, 6) is 0. The Balaban J connectivity index is 1.42. The van der Waals surface area contributed by atoms with Crippen molar-refractivity contribution in [2.45, 2.75) is 5.41 Å². The van der Waals surface area contributed by atoms with Gasteiger partial charge in [0.05, 0.1) is 0 Å². The van der Waals surface area contributed by atoms with Crippen LogP contribution in [0.15, 0.2) is 164 Å². The van der Waals surface area contributed by atoms with Crippen molar-refractivity contribution < 1.29 is 4.89 Å². The van der Waals surface area contributed by atoms with E-state index in [-0.39, 0.29) is 0 Å². The Morgan fingerprint density at radius 3 is 2.02 bits per heavy atom. The second-order valence-electron chi connectivity index (χ2n) is 12.9. The molecule has 8 aromatic rings. The molecule has 4 heteroatoms. The van der Waals surface area contributed by atoms with E-state index < -0.39 is 12.9 Å². The van der Waals surface area contributed by atoms with E-state index in [2.05, 4.69) is 132 Å². The molecular weight excluding hydrogens is 603 g/mol. The zero-order valence-electron chi connectivity index (χ0n) is 25.9. The molecule has 0 saturated carbocycles. The molecule has 10 rings (SSSR count). The topological polar surface area (TPSA) is 49.0 Å². The van der Waals surface area contributed by atoms with Crippen LogP contribution in [0.5, 0.6) is 0 Å². The van der Waals surface area contributed by atoms with Gasteiger partial charge >= 0.3 is 280 Å². The van der Waals surface area contributed by atoms with E-state index >= 15 is 0 Å². The molecule has 2 aliphatic rings. The number of aromatic nitrogens is 1. The minimum absolute atomic E-state index is 0.633. The number of fused-ring (bicyclic) bond motifs is 11. The Bertz CT molecular complexity index is 2650. The summed E-state index contributed by atoms with van der Waals surface area (Å²) < 4.78 is 2.45. The molecule has 1 unspecified atom stereocenters. The average Bonchev–Trinajstić information content (AvgIpc) is 3.50. The SMILES string of the molecule is N#Cc1ccc(-c2ccc3c(c2)C2(c4ccccc4-n4c5ccccc5c5cccc2c54)c2ccccc2[PH]3(O)c2ccccc2)cc1. The fraction of sp³-hybridized carbons (Fsp3) is 0.0227. The molecule has 0 fully saturated rings. The summed E-state index contributed by atoms with van der Waals surface area (Å²) in [6.07, 6.45) is 0. The molecule has 2 aliphatic heterocycles. The summed E-state index contributed by atoms with van der Waals surface area (Å²) >= 11 is 0. The van der Waals surface area contributed by atoms with E-state index in [1.54, 1.807) is 0 Å². The van der Waals surface area contributed by atoms with Gasteiger partial charge in [0, 0.05) is 0 Å². The summed E-state index contributed by atoms with van der Waals surface area (Å²) in [6, 6.07) is 59.9. The predicted molar refractivity (Wildman–Crippen MR) is 199 cm³/mol. The molecule has 3 nitrogen and oxygen atoms in total. The van der Waals surface area contributed by atoms with Gasteiger partial charge in [0.15, 0.2) is 0 Å². The predicted octanol–water partition coefficient (Wildman–Crippen LogP) is 8.27. The Kier molecular flexibility index (Phi) is 5.62. The maximum atomic E-state index is 13.4. The van der Waals surface area contributed by atoms with Crippen LogP contribution in [0.25, 0.3) is 38.6 Å². The number of nitriles is 1.